The van der Waals surface area contributed by atoms with Gasteiger partial charge in [-0.05, 0) is 45.0 Å². The molecule has 7 heteroatoms. The van der Waals surface area contributed by atoms with Gasteiger partial charge >= 0.3 is 0 Å². The zero-order chi connectivity index (χ0) is 20.3. The first kappa shape index (κ1) is 20.1. The predicted molar refractivity (Wildman–Crippen MR) is 110 cm³/mol. The molecule has 1 aromatic heterocycles. The average Bonchev–Trinajstić information content (AvgIpc) is 2.91. The zero-order valence-corrected chi connectivity index (χ0v) is 17.5. The molecule has 146 valence electrons. The van der Waals surface area contributed by atoms with Gasteiger partial charge in [0.15, 0.2) is 6.10 Å². The van der Waals surface area contributed by atoms with E-state index in [1.165, 1.54) is 6.07 Å². The van der Waals surface area contributed by atoms with Crippen LogP contribution in [-0.2, 0) is 11.3 Å². The third-order valence-electron chi connectivity index (χ3n) is 4.39. The molecule has 0 saturated carbocycles. The lowest BCUT2D eigenvalue weighted by molar-refractivity contribution is -0.122. The molecule has 1 unspecified atom stereocenters. The molecule has 1 N–H and O–H groups in total. The molecule has 0 aliphatic carbocycles. The molecular weight excluding hydrogens is 425 g/mol. The van der Waals surface area contributed by atoms with Gasteiger partial charge in [0, 0.05) is 10.0 Å². The number of hydrogen-bond acceptors (Lipinski definition) is 3. The van der Waals surface area contributed by atoms with Crippen LogP contribution in [0, 0.1) is 19.7 Å². The maximum absolute atomic E-state index is 13.9. The number of aryl methyl sites for hydroxylation is 1. The summed E-state index contributed by atoms with van der Waals surface area (Å²) in [6, 6.07) is 13.9. The van der Waals surface area contributed by atoms with E-state index in [9.17, 15) is 9.18 Å². The summed E-state index contributed by atoms with van der Waals surface area (Å²) >= 11 is 3.38. The predicted octanol–water partition coefficient (Wildman–Crippen LogP) is 4.86. The Labute approximate surface area is 171 Å². The topological polar surface area (TPSA) is 56.2 Å². The van der Waals surface area contributed by atoms with Gasteiger partial charge in [-0.15, -0.1) is 0 Å². The molecule has 0 aliphatic rings. The Kier molecular flexibility index (Phi) is 6.14. The third kappa shape index (κ3) is 4.59. The van der Waals surface area contributed by atoms with Crippen molar-refractivity contribution in [2.75, 3.05) is 5.32 Å². The van der Waals surface area contributed by atoms with E-state index in [0.29, 0.717) is 29.2 Å². The molecule has 3 rings (SSSR count). The minimum atomic E-state index is -0.692. The number of halogens is 2. The van der Waals surface area contributed by atoms with Gasteiger partial charge in [0.05, 0.1) is 23.6 Å². The highest BCUT2D eigenvalue weighted by Crippen LogP contribution is 2.23. The molecule has 28 heavy (non-hydrogen) atoms. The Hall–Kier alpha value is -2.67. The quantitative estimate of drug-likeness (QED) is 0.589. The maximum Gasteiger partial charge on any atom is 0.265 e. The normalized spacial score (nSPS) is 11.9. The first-order valence-electron chi connectivity index (χ1n) is 8.85. The minimum absolute atomic E-state index is 0.281. The molecule has 1 amide bonds. The number of carbonyl (C=O) groups is 1. The number of benzene rings is 2. The Morgan fingerprint density at radius 2 is 2.00 bits per heavy atom. The number of rotatable bonds is 6. The smallest absolute Gasteiger partial charge is 0.265 e. The van der Waals surface area contributed by atoms with Gasteiger partial charge in [0.2, 0.25) is 0 Å². The van der Waals surface area contributed by atoms with Crippen molar-refractivity contribution in [3.8, 4) is 5.75 Å². The van der Waals surface area contributed by atoms with Gasteiger partial charge in [0.1, 0.15) is 11.6 Å². The first-order valence-corrected chi connectivity index (χ1v) is 9.65. The van der Waals surface area contributed by atoms with Gasteiger partial charge in [0.25, 0.3) is 5.91 Å². The minimum Gasteiger partial charge on any atom is -0.481 e. The van der Waals surface area contributed by atoms with Crippen molar-refractivity contribution in [2.45, 2.75) is 33.4 Å². The lowest BCUT2D eigenvalue weighted by Crippen LogP contribution is -2.30. The number of anilines is 1. The van der Waals surface area contributed by atoms with Crippen molar-refractivity contribution in [1.29, 1.82) is 0 Å². The van der Waals surface area contributed by atoms with Crippen LogP contribution in [-0.4, -0.2) is 21.8 Å². The van der Waals surface area contributed by atoms with E-state index in [2.05, 4.69) is 26.3 Å². The summed E-state index contributed by atoms with van der Waals surface area (Å²) in [5.74, 6) is 0.0361. The molecule has 5 nitrogen and oxygen atoms in total. The number of aromatic nitrogens is 2. The largest absolute Gasteiger partial charge is 0.481 e. The lowest BCUT2D eigenvalue weighted by atomic mass is 10.2. The van der Waals surface area contributed by atoms with Gasteiger partial charge in [-0.25, -0.2) is 4.39 Å². The summed E-state index contributed by atoms with van der Waals surface area (Å²) in [5.41, 5.74) is 2.57. The highest BCUT2D eigenvalue weighted by Gasteiger charge is 2.20. The Morgan fingerprint density at radius 1 is 1.25 bits per heavy atom. The van der Waals surface area contributed by atoms with Crippen LogP contribution >= 0.6 is 15.9 Å². The van der Waals surface area contributed by atoms with Gasteiger partial charge in [-0.2, -0.15) is 5.10 Å². The summed E-state index contributed by atoms with van der Waals surface area (Å²) in [4.78, 5) is 12.6. The van der Waals surface area contributed by atoms with Crippen LogP contribution in [0.3, 0.4) is 0 Å². The highest BCUT2D eigenvalue weighted by molar-refractivity contribution is 9.10. The number of carbonyl (C=O) groups excluding carboxylic acids is 1. The van der Waals surface area contributed by atoms with Crippen LogP contribution in [0.4, 0.5) is 10.1 Å². The van der Waals surface area contributed by atoms with Crippen LogP contribution < -0.4 is 10.1 Å². The fraction of sp³-hybridized carbons (Fsp3) is 0.238. The summed E-state index contributed by atoms with van der Waals surface area (Å²) in [6.07, 6.45) is -0.692. The molecule has 0 aliphatic heterocycles. The lowest BCUT2D eigenvalue weighted by Gasteiger charge is -2.15. The molecule has 3 aromatic rings. The molecular formula is C21H21BrFN3O2. The Morgan fingerprint density at radius 3 is 2.71 bits per heavy atom. The molecule has 0 fully saturated rings. The number of nitrogens with one attached hydrogen (secondary N) is 1. The molecule has 0 radical (unpaired) electrons. The third-order valence-corrected chi connectivity index (χ3v) is 4.88. The van der Waals surface area contributed by atoms with E-state index in [1.54, 1.807) is 48.9 Å². The van der Waals surface area contributed by atoms with Crippen molar-refractivity contribution in [3.05, 3.63) is 75.8 Å². The van der Waals surface area contributed by atoms with Crippen molar-refractivity contribution < 1.29 is 13.9 Å². The fourth-order valence-electron chi connectivity index (χ4n) is 2.84. The van der Waals surface area contributed by atoms with Crippen LogP contribution in [0.2, 0.25) is 0 Å². The fourth-order valence-corrected chi connectivity index (χ4v) is 3.22. The van der Waals surface area contributed by atoms with Gasteiger partial charge < -0.3 is 10.1 Å². The van der Waals surface area contributed by atoms with E-state index >= 15 is 0 Å². The maximum atomic E-state index is 13.9. The summed E-state index contributed by atoms with van der Waals surface area (Å²) in [7, 11) is 0. The zero-order valence-electron chi connectivity index (χ0n) is 15.9. The van der Waals surface area contributed by atoms with Gasteiger partial charge in [-0.1, -0.05) is 40.2 Å². The van der Waals surface area contributed by atoms with Crippen molar-refractivity contribution in [1.82, 2.24) is 9.78 Å². The van der Waals surface area contributed by atoms with Crippen LogP contribution in [0.15, 0.2) is 53.0 Å². The first-order chi connectivity index (χ1) is 13.3. The second-order valence-corrected chi connectivity index (χ2v) is 7.42. The molecule has 0 bridgehead atoms. The highest BCUT2D eigenvalue weighted by atomic mass is 79.9. The summed E-state index contributed by atoms with van der Waals surface area (Å²) < 4.78 is 22.2. The van der Waals surface area contributed by atoms with Crippen molar-refractivity contribution in [2.24, 2.45) is 0 Å². The number of nitrogens with zero attached hydrogens (tertiary/aromatic N) is 2. The van der Waals surface area contributed by atoms with E-state index < -0.39 is 6.10 Å². The molecule has 0 spiro atoms. The molecule has 1 atom stereocenters. The van der Waals surface area contributed by atoms with Crippen LogP contribution in [0.1, 0.15) is 23.9 Å². The summed E-state index contributed by atoms with van der Waals surface area (Å²) in [5, 5.41) is 7.32. The number of hydrogen-bond donors (Lipinski definition) is 1. The SMILES string of the molecule is Cc1nn(Cc2ccccc2F)c(C)c1NC(=O)C(C)Oc1cccc(Br)c1. The Bertz CT molecular complexity index is 1000. The number of ether oxygens (including phenoxy) is 1. The standard InChI is InChI=1S/C21H21BrFN3O2/c1-13-20(14(2)26(25-13)12-16-7-4-5-10-19(16)23)24-21(27)15(3)28-18-9-6-8-17(22)11-18/h4-11,15H,12H2,1-3H3,(H,24,27). The second kappa shape index (κ2) is 8.56. The van der Waals surface area contributed by atoms with E-state index in [1.807, 2.05) is 19.1 Å². The monoisotopic (exact) mass is 445 g/mol. The summed E-state index contributed by atoms with van der Waals surface area (Å²) in [6.45, 7) is 5.63. The Balaban J connectivity index is 1.72. The van der Waals surface area contributed by atoms with E-state index in [-0.39, 0.29) is 11.7 Å². The average molecular weight is 446 g/mol. The molecule has 0 saturated heterocycles. The molecule has 1 heterocycles. The van der Waals surface area contributed by atoms with Crippen LogP contribution in [0.25, 0.3) is 0 Å². The van der Waals surface area contributed by atoms with Crippen LogP contribution in [0.5, 0.6) is 5.75 Å². The second-order valence-electron chi connectivity index (χ2n) is 6.50. The van der Waals surface area contributed by atoms with E-state index in [0.717, 1.165) is 10.2 Å². The van der Waals surface area contributed by atoms with Crippen molar-refractivity contribution in [3.63, 3.8) is 0 Å². The van der Waals surface area contributed by atoms with E-state index in [4.69, 9.17) is 4.74 Å². The number of amides is 1. The van der Waals surface area contributed by atoms with Crippen molar-refractivity contribution >= 4 is 27.5 Å². The van der Waals surface area contributed by atoms with Gasteiger partial charge in [-0.3, -0.25) is 9.48 Å². The molecule has 2 aromatic carbocycles.